The minimum Gasteiger partial charge on any atom is -0.311 e. The summed E-state index contributed by atoms with van der Waals surface area (Å²) >= 11 is 5.32. The third-order valence-corrected chi connectivity index (χ3v) is 5.69. The third kappa shape index (κ3) is 5.18. The van der Waals surface area contributed by atoms with Gasteiger partial charge in [-0.05, 0) is 41.4 Å². The second-order valence-corrected chi connectivity index (χ2v) is 7.24. The van der Waals surface area contributed by atoms with Crippen LogP contribution in [0.3, 0.4) is 0 Å². The molecule has 1 heterocycles. The smallest absolute Gasteiger partial charge is 0.0300 e. The lowest BCUT2D eigenvalue weighted by molar-refractivity contribution is 0.164. The third-order valence-electron chi connectivity index (χ3n) is 3.99. The van der Waals surface area contributed by atoms with Crippen molar-refractivity contribution in [3.63, 3.8) is 0 Å². The van der Waals surface area contributed by atoms with Crippen LogP contribution in [0, 0.1) is 0 Å². The van der Waals surface area contributed by atoms with E-state index in [1.807, 2.05) is 11.3 Å². The summed E-state index contributed by atoms with van der Waals surface area (Å²) in [4.78, 5) is 4.07. The highest BCUT2D eigenvalue weighted by molar-refractivity contribution is 9.10. The molecule has 0 bridgehead atoms. The molecule has 1 saturated carbocycles. The zero-order valence-corrected chi connectivity index (χ0v) is 14.2. The van der Waals surface area contributed by atoms with Crippen LogP contribution in [0.2, 0.25) is 0 Å². The lowest BCUT2D eigenvalue weighted by atomic mass is 9.94. The molecule has 2 rings (SSSR count). The van der Waals surface area contributed by atoms with Crippen LogP contribution in [0.15, 0.2) is 15.9 Å². The van der Waals surface area contributed by atoms with Crippen LogP contribution in [-0.4, -0.2) is 30.6 Å². The average Bonchev–Trinajstić information content (AvgIpc) is 2.86. The van der Waals surface area contributed by atoms with Crippen LogP contribution in [0.4, 0.5) is 0 Å². The van der Waals surface area contributed by atoms with E-state index >= 15 is 0 Å². The molecule has 4 heteroatoms. The molecule has 1 aromatic heterocycles. The molecule has 0 unspecified atom stereocenters. The predicted molar refractivity (Wildman–Crippen MR) is 87.8 cm³/mol. The molecule has 0 spiro atoms. The Bertz CT molecular complexity index is 361. The van der Waals surface area contributed by atoms with Gasteiger partial charge in [-0.3, -0.25) is 4.90 Å². The molecule has 0 saturated heterocycles. The predicted octanol–water partition coefficient (Wildman–Crippen LogP) is 4.25. The maximum atomic E-state index is 3.57. The Morgan fingerprint density at radius 2 is 2.16 bits per heavy atom. The summed E-state index contributed by atoms with van der Waals surface area (Å²) in [6, 6.07) is 3.05. The van der Waals surface area contributed by atoms with Crippen molar-refractivity contribution in [2.45, 2.75) is 51.6 Å². The van der Waals surface area contributed by atoms with E-state index in [0.717, 1.165) is 19.1 Å². The van der Waals surface area contributed by atoms with Gasteiger partial charge in [0.15, 0.2) is 0 Å². The zero-order chi connectivity index (χ0) is 13.5. The van der Waals surface area contributed by atoms with Crippen LogP contribution in [0.5, 0.6) is 0 Å². The second-order valence-electron chi connectivity index (χ2n) is 5.33. The van der Waals surface area contributed by atoms with E-state index in [2.05, 4.69) is 44.5 Å². The lowest BCUT2D eigenvalue weighted by Gasteiger charge is -2.33. The van der Waals surface area contributed by atoms with E-state index < -0.39 is 0 Å². The Labute approximate surface area is 129 Å². The number of hydrogen-bond acceptors (Lipinski definition) is 3. The monoisotopic (exact) mass is 344 g/mol. The fraction of sp³-hybridized carbons (Fsp3) is 0.733. The fourth-order valence-corrected chi connectivity index (χ4v) is 4.35. The molecule has 1 aliphatic carbocycles. The molecule has 1 aromatic rings. The molecule has 0 aliphatic heterocycles. The van der Waals surface area contributed by atoms with Crippen LogP contribution >= 0.6 is 27.3 Å². The van der Waals surface area contributed by atoms with Crippen molar-refractivity contribution >= 4 is 27.3 Å². The lowest BCUT2D eigenvalue weighted by Crippen LogP contribution is -2.40. The highest BCUT2D eigenvalue weighted by Gasteiger charge is 2.18. The molecular weight excluding hydrogens is 320 g/mol. The van der Waals surface area contributed by atoms with Gasteiger partial charge in [-0.15, -0.1) is 11.3 Å². The molecule has 1 N–H and O–H groups in total. The van der Waals surface area contributed by atoms with Crippen molar-refractivity contribution in [3.05, 3.63) is 20.8 Å². The van der Waals surface area contributed by atoms with Crippen molar-refractivity contribution < 1.29 is 0 Å². The van der Waals surface area contributed by atoms with Crippen molar-refractivity contribution in [2.24, 2.45) is 0 Å². The van der Waals surface area contributed by atoms with Gasteiger partial charge in [0.2, 0.25) is 0 Å². The van der Waals surface area contributed by atoms with Crippen LogP contribution in [0.25, 0.3) is 0 Å². The molecule has 1 aliphatic rings. The summed E-state index contributed by atoms with van der Waals surface area (Å²) in [6.07, 6.45) is 7.12. The van der Waals surface area contributed by atoms with Gasteiger partial charge in [-0.2, -0.15) is 0 Å². The summed E-state index contributed by atoms with van der Waals surface area (Å²) in [5.41, 5.74) is 0. The second kappa shape index (κ2) is 8.40. The number of rotatable bonds is 7. The average molecular weight is 345 g/mol. The highest BCUT2D eigenvalue weighted by Crippen LogP contribution is 2.22. The van der Waals surface area contributed by atoms with Gasteiger partial charge in [-0.25, -0.2) is 0 Å². The van der Waals surface area contributed by atoms with Crippen molar-refractivity contribution in [2.75, 3.05) is 19.6 Å². The molecule has 19 heavy (non-hydrogen) atoms. The van der Waals surface area contributed by atoms with Crippen LogP contribution in [0.1, 0.15) is 43.9 Å². The standard InChI is InChI=1S/C15H25BrN2S/c1-2-18(14-6-4-3-5-7-14)9-8-17-11-15-10-13(16)12-19-15/h10,12,14,17H,2-9,11H2,1H3. The van der Waals surface area contributed by atoms with Crippen LogP contribution < -0.4 is 5.32 Å². The Morgan fingerprint density at radius 3 is 2.79 bits per heavy atom. The first-order valence-corrected chi connectivity index (χ1v) is 9.14. The SMILES string of the molecule is CCN(CCNCc1cc(Br)cs1)C1CCCCC1. The first-order valence-electron chi connectivity index (χ1n) is 7.47. The Hall–Kier alpha value is 0.1000. The quantitative estimate of drug-likeness (QED) is 0.743. The van der Waals surface area contributed by atoms with Crippen molar-refractivity contribution in [1.29, 1.82) is 0 Å². The number of hydrogen-bond donors (Lipinski definition) is 1. The van der Waals surface area contributed by atoms with E-state index in [0.29, 0.717) is 0 Å². The number of halogens is 1. The first-order chi connectivity index (χ1) is 9.29. The maximum Gasteiger partial charge on any atom is 0.0300 e. The van der Waals surface area contributed by atoms with Gasteiger partial charge in [0.25, 0.3) is 0 Å². The number of nitrogens with one attached hydrogen (secondary N) is 1. The molecule has 2 nitrogen and oxygen atoms in total. The molecular formula is C15H25BrN2S. The van der Waals surface area contributed by atoms with Gasteiger partial charge < -0.3 is 5.32 Å². The minimum absolute atomic E-state index is 0.844. The number of nitrogens with zero attached hydrogens (tertiary/aromatic N) is 1. The summed E-state index contributed by atoms with van der Waals surface area (Å²) < 4.78 is 1.20. The zero-order valence-electron chi connectivity index (χ0n) is 11.8. The summed E-state index contributed by atoms with van der Waals surface area (Å²) in [6.45, 7) is 6.77. The molecule has 0 radical (unpaired) electrons. The van der Waals surface area contributed by atoms with Gasteiger partial charge in [0.05, 0.1) is 0 Å². The normalized spacial score (nSPS) is 17.2. The topological polar surface area (TPSA) is 15.3 Å². The fourth-order valence-electron chi connectivity index (χ4n) is 2.93. The van der Waals surface area contributed by atoms with E-state index in [1.54, 1.807) is 0 Å². The van der Waals surface area contributed by atoms with Gasteiger partial charge >= 0.3 is 0 Å². The van der Waals surface area contributed by atoms with Gasteiger partial charge in [0, 0.05) is 40.4 Å². The Morgan fingerprint density at radius 1 is 1.37 bits per heavy atom. The summed E-state index contributed by atoms with van der Waals surface area (Å²) in [7, 11) is 0. The highest BCUT2D eigenvalue weighted by atomic mass is 79.9. The van der Waals surface area contributed by atoms with Crippen LogP contribution in [-0.2, 0) is 6.54 Å². The molecule has 0 aromatic carbocycles. The summed E-state index contributed by atoms with van der Waals surface area (Å²) in [5, 5.41) is 5.72. The molecule has 1 fully saturated rings. The largest absolute Gasteiger partial charge is 0.311 e. The maximum absolute atomic E-state index is 3.57. The Balaban J connectivity index is 1.65. The summed E-state index contributed by atoms with van der Waals surface area (Å²) in [5.74, 6) is 0. The first kappa shape index (κ1) is 15.5. The molecule has 0 amide bonds. The molecule has 108 valence electrons. The van der Waals surface area contributed by atoms with E-state index in [9.17, 15) is 0 Å². The Kier molecular flexibility index (Phi) is 6.85. The van der Waals surface area contributed by atoms with Gasteiger partial charge in [0.1, 0.15) is 0 Å². The van der Waals surface area contributed by atoms with Crippen molar-refractivity contribution in [3.8, 4) is 0 Å². The number of likely N-dealkylation sites (N-methyl/N-ethyl adjacent to an activating group) is 1. The van der Waals surface area contributed by atoms with E-state index in [1.165, 1.54) is 54.5 Å². The number of thiophene rings is 1. The molecule has 0 atom stereocenters. The van der Waals surface area contributed by atoms with E-state index in [-0.39, 0.29) is 0 Å². The van der Waals surface area contributed by atoms with Crippen molar-refractivity contribution in [1.82, 2.24) is 10.2 Å². The van der Waals surface area contributed by atoms with Gasteiger partial charge in [-0.1, -0.05) is 26.2 Å². The van der Waals surface area contributed by atoms with E-state index in [4.69, 9.17) is 0 Å². The minimum atomic E-state index is 0.844.